The average molecular weight is 295 g/mol. The van der Waals surface area contributed by atoms with E-state index in [-0.39, 0.29) is 0 Å². The fraction of sp³-hybridized carbons (Fsp3) is 0.647. The summed E-state index contributed by atoms with van der Waals surface area (Å²) in [6.45, 7) is 2.33. The molecule has 1 aromatic rings. The Morgan fingerprint density at radius 1 is 1.30 bits per heavy atom. The van der Waals surface area contributed by atoms with Gasteiger partial charge in [0.1, 0.15) is 0 Å². The van der Waals surface area contributed by atoms with E-state index in [9.17, 15) is 0 Å². The summed E-state index contributed by atoms with van der Waals surface area (Å²) in [6, 6.07) is 11.7. The summed E-state index contributed by atoms with van der Waals surface area (Å²) in [7, 11) is 2.26. The van der Waals surface area contributed by atoms with Crippen LogP contribution in [0.5, 0.6) is 0 Å². The highest BCUT2D eigenvalue weighted by Gasteiger charge is 2.18. The van der Waals surface area contributed by atoms with Crippen LogP contribution in [-0.4, -0.2) is 43.0 Å². The SMILES string of the molecule is CN1CCCCC1CCNC(CCl)Cc1ccccc1. The second-order valence-corrected chi connectivity index (χ2v) is 6.22. The molecule has 2 atom stereocenters. The quantitative estimate of drug-likeness (QED) is 0.776. The summed E-state index contributed by atoms with van der Waals surface area (Å²) in [6.07, 6.45) is 6.35. The first-order valence-electron chi connectivity index (χ1n) is 7.83. The summed E-state index contributed by atoms with van der Waals surface area (Å²) < 4.78 is 0. The molecule has 1 heterocycles. The lowest BCUT2D eigenvalue weighted by molar-refractivity contribution is 0.174. The molecule has 0 aromatic heterocycles. The summed E-state index contributed by atoms with van der Waals surface area (Å²) in [5.41, 5.74) is 1.36. The van der Waals surface area contributed by atoms with E-state index in [1.807, 2.05) is 0 Å². The fourth-order valence-corrected chi connectivity index (χ4v) is 3.26. The average Bonchev–Trinajstić information content (AvgIpc) is 2.49. The second kappa shape index (κ2) is 8.66. The lowest BCUT2D eigenvalue weighted by atomic mass is 10.00. The van der Waals surface area contributed by atoms with Crippen LogP contribution in [0.4, 0.5) is 0 Å². The van der Waals surface area contributed by atoms with Gasteiger partial charge >= 0.3 is 0 Å². The van der Waals surface area contributed by atoms with Crippen LogP contribution in [-0.2, 0) is 6.42 Å². The van der Waals surface area contributed by atoms with Crippen LogP contribution in [0.3, 0.4) is 0 Å². The van der Waals surface area contributed by atoms with Gasteiger partial charge in [-0.1, -0.05) is 36.8 Å². The largest absolute Gasteiger partial charge is 0.312 e. The van der Waals surface area contributed by atoms with Crippen molar-refractivity contribution in [1.29, 1.82) is 0 Å². The lowest BCUT2D eigenvalue weighted by Gasteiger charge is -2.33. The third kappa shape index (κ3) is 5.08. The molecule has 112 valence electrons. The summed E-state index contributed by atoms with van der Waals surface area (Å²) >= 11 is 6.09. The molecule has 1 aromatic carbocycles. The number of hydrogen-bond donors (Lipinski definition) is 1. The van der Waals surface area contributed by atoms with Gasteiger partial charge in [-0.3, -0.25) is 0 Å². The van der Waals surface area contributed by atoms with Crippen LogP contribution < -0.4 is 5.32 Å². The van der Waals surface area contributed by atoms with Crippen LogP contribution in [0.2, 0.25) is 0 Å². The van der Waals surface area contributed by atoms with Crippen molar-refractivity contribution in [2.45, 2.75) is 44.2 Å². The van der Waals surface area contributed by atoms with Crippen molar-refractivity contribution in [3.8, 4) is 0 Å². The number of halogens is 1. The topological polar surface area (TPSA) is 15.3 Å². The molecule has 2 nitrogen and oxygen atoms in total. The van der Waals surface area contributed by atoms with Crippen LogP contribution >= 0.6 is 11.6 Å². The smallest absolute Gasteiger partial charge is 0.0380 e. The molecule has 0 spiro atoms. The van der Waals surface area contributed by atoms with E-state index in [0.29, 0.717) is 11.9 Å². The maximum Gasteiger partial charge on any atom is 0.0380 e. The molecule has 0 saturated carbocycles. The Bertz CT molecular complexity index is 369. The third-order valence-electron chi connectivity index (χ3n) is 4.34. The number of nitrogens with zero attached hydrogens (tertiary/aromatic N) is 1. The van der Waals surface area contributed by atoms with Crippen molar-refractivity contribution in [2.75, 3.05) is 26.0 Å². The van der Waals surface area contributed by atoms with Gasteiger partial charge < -0.3 is 10.2 Å². The van der Waals surface area contributed by atoms with Gasteiger partial charge in [0.25, 0.3) is 0 Å². The highest BCUT2D eigenvalue weighted by Crippen LogP contribution is 2.17. The number of hydrogen-bond acceptors (Lipinski definition) is 2. The van der Waals surface area contributed by atoms with E-state index in [2.05, 4.69) is 47.6 Å². The molecule has 0 aliphatic carbocycles. The van der Waals surface area contributed by atoms with Gasteiger partial charge in [0.2, 0.25) is 0 Å². The molecule has 2 rings (SSSR count). The minimum Gasteiger partial charge on any atom is -0.312 e. The van der Waals surface area contributed by atoms with Crippen LogP contribution in [0, 0.1) is 0 Å². The predicted octanol–water partition coefficient (Wildman–Crippen LogP) is 3.30. The molecule has 20 heavy (non-hydrogen) atoms. The summed E-state index contributed by atoms with van der Waals surface area (Å²) in [5.74, 6) is 0.676. The minimum absolute atomic E-state index is 0.382. The molecular formula is C17H27ClN2. The van der Waals surface area contributed by atoms with Gasteiger partial charge in [0, 0.05) is 18.0 Å². The monoisotopic (exact) mass is 294 g/mol. The number of piperidine rings is 1. The Kier molecular flexibility index (Phi) is 6.85. The van der Waals surface area contributed by atoms with E-state index in [1.165, 1.54) is 37.8 Å². The van der Waals surface area contributed by atoms with Gasteiger partial charge in [-0.05, 0) is 51.4 Å². The maximum absolute atomic E-state index is 6.09. The van der Waals surface area contributed by atoms with E-state index in [4.69, 9.17) is 11.6 Å². The number of rotatable bonds is 7. The molecule has 2 unspecified atom stereocenters. The first-order valence-corrected chi connectivity index (χ1v) is 8.36. The molecule has 0 bridgehead atoms. The Labute approximate surface area is 128 Å². The number of likely N-dealkylation sites (tertiary alicyclic amines) is 1. The molecule has 1 N–H and O–H groups in total. The van der Waals surface area contributed by atoms with Gasteiger partial charge in [0.15, 0.2) is 0 Å². The molecule has 3 heteroatoms. The molecule has 1 fully saturated rings. The Hall–Kier alpha value is -0.570. The van der Waals surface area contributed by atoms with Crippen molar-refractivity contribution in [1.82, 2.24) is 10.2 Å². The van der Waals surface area contributed by atoms with Gasteiger partial charge in [-0.25, -0.2) is 0 Å². The summed E-state index contributed by atoms with van der Waals surface area (Å²) in [4.78, 5) is 2.51. The first-order chi connectivity index (χ1) is 9.79. The molecule has 1 saturated heterocycles. The molecule has 1 aliphatic rings. The standard InChI is InChI=1S/C17H27ClN2/c1-20-12-6-5-9-17(20)10-11-19-16(14-18)13-15-7-3-2-4-8-15/h2-4,7-8,16-17,19H,5-6,9-14H2,1H3. The molecule has 1 aliphatic heterocycles. The summed E-state index contributed by atoms with van der Waals surface area (Å²) in [5, 5.41) is 3.63. The number of alkyl halides is 1. The number of nitrogens with one attached hydrogen (secondary N) is 1. The van der Waals surface area contributed by atoms with Crippen molar-refractivity contribution in [3.63, 3.8) is 0 Å². The highest BCUT2D eigenvalue weighted by molar-refractivity contribution is 6.18. The van der Waals surface area contributed by atoms with E-state index < -0.39 is 0 Å². The minimum atomic E-state index is 0.382. The lowest BCUT2D eigenvalue weighted by Crippen LogP contribution is -2.40. The molecular weight excluding hydrogens is 268 g/mol. The fourth-order valence-electron chi connectivity index (χ4n) is 3.04. The maximum atomic E-state index is 6.09. The molecule has 0 radical (unpaired) electrons. The Balaban J connectivity index is 1.71. The van der Waals surface area contributed by atoms with Gasteiger partial charge in [0.05, 0.1) is 0 Å². The second-order valence-electron chi connectivity index (χ2n) is 5.91. The zero-order valence-electron chi connectivity index (χ0n) is 12.5. The predicted molar refractivity (Wildman–Crippen MR) is 87.5 cm³/mol. The number of benzene rings is 1. The van der Waals surface area contributed by atoms with E-state index in [1.54, 1.807) is 0 Å². The van der Waals surface area contributed by atoms with E-state index in [0.717, 1.165) is 19.0 Å². The Morgan fingerprint density at radius 2 is 2.10 bits per heavy atom. The van der Waals surface area contributed by atoms with Crippen molar-refractivity contribution in [3.05, 3.63) is 35.9 Å². The van der Waals surface area contributed by atoms with Crippen LogP contribution in [0.1, 0.15) is 31.2 Å². The Morgan fingerprint density at radius 3 is 2.80 bits per heavy atom. The third-order valence-corrected chi connectivity index (χ3v) is 4.72. The van der Waals surface area contributed by atoms with E-state index >= 15 is 0 Å². The highest BCUT2D eigenvalue weighted by atomic mass is 35.5. The van der Waals surface area contributed by atoms with Crippen LogP contribution in [0.25, 0.3) is 0 Å². The zero-order chi connectivity index (χ0) is 14.2. The van der Waals surface area contributed by atoms with Crippen LogP contribution in [0.15, 0.2) is 30.3 Å². The first kappa shape index (κ1) is 15.8. The van der Waals surface area contributed by atoms with Crippen molar-refractivity contribution >= 4 is 11.6 Å². The zero-order valence-corrected chi connectivity index (χ0v) is 13.3. The van der Waals surface area contributed by atoms with Crippen molar-refractivity contribution < 1.29 is 0 Å². The van der Waals surface area contributed by atoms with Crippen molar-refractivity contribution in [2.24, 2.45) is 0 Å². The van der Waals surface area contributed by atoms with Gasteiger partial charge in [-0.15, -0.1) is 11.6 Å². The van der Waals surface area contributed by atoms with Gasteiger partial charge in [-0.2, -0.15) is 0 Å². The molecule has 0 amide bonds. The normalized spacial score (nSPS) is 21.8.